The van der Waals surface area contributed by atoms with Gasteiger partial charge in [-0.15, -0.1) is 0 Å². The SMILES string of the molecule is CCCCCc1ccc(S(=O)(=O)Nc2cc(OC)c(OC)cc2C(=O)OC)cc1. The third kappa shape index (κ3) is 5.63. The summed E-state index contributed by atoms with van der Waals surface area (Å²) < 4.78 is 43.3. The molecule has 0 unspecified atom stereocenters. The molecule has 0 aliphatic carbocycles. The van der Waals surface area contributed by atoms with Crippen molar-refractivity contribution >= 4 is 21.7 Å². The summed E-state index contributed by atoms with van der Waals surface area (Å²) in [6.45, 7) is 2.14. The van der Waals surface area contributed by atoms with Crippen LogP contribution in [0.25, 0.3) is 0 Å². The van der Waals surface area contributed by atoms with Crippen molar-refractivity contribution in [1.29, 1.82) is 0 Å². The number of hydrogen-bond acceptors (Lipinski definition) is 6. The van der Waals surface area contributed by atoms with Gasteiger partial charge in [0.1, 0.15) is 0 Å². The minimum absolute atomic E-state index is 0.0184. The summed E-state index contributed by atoms with van der Waals surface area (Å²) in [5.74, 6) is -0.133. The molecule has 2 rings (SSSR count). The van der Waals surface area contributed by atoms with E-state index in [1.807, 2.05) is 0 Å². The standard InChI is InChI=1S/C21H27NO6S/c1-5-6-7-8-15-9-11-16(12-10-15)29(24,25)22-18-14-20(27-3)19(26-2)13-17(18)21(23)28-4/h9-14,22H,5-8H2,1-4H3. The zero-order valence-corrected chi connectivity index (χ0v) is 18.0. The molecular weight excluding hydrogens is 394 g/mol. The Hall–Kier alpha value is -2.74. The molecule has 7 nitrogen and oxygen atoms in total. The van der Waals surface area contributed by atoms with Crippen LogP contribution in [0.5, 0.6) is 11.5 Å². The molecule has 0 amide bonds. The fraction of sp³-hybridized carbons (Fsp3) is 0.381. The van der Waals surface area contributed by atoms with E-state index < -0.39 is 16.0 Å². The second-order valence-corrected chi connectivity index (χ2v) is 8.13. The van der Waals surface area contributed by atoms with Crippen LogP contribution in [-0.2, 0) is 21.2 Å². The number of hydrogen-bond donors (Lipinski definition) is 1. The molecule has 0 aliphatic rings. The number of methoxy groups -OCH3 is 3. The third-order valence-electron chi connectivity index (χ3n) is 4.48. The molecule has 0 saturated heterocycles. The normalized spacial score (nSPS) is 11.0. The summed E-state index contributed by atoms with van der Waals surface area (Å²) >= 11 is 0. The Kier molecular flexibility index (Phi) is 7.90. The minimum atomic E-state index is -3.92. The smallest absolute Gasteiger partial charge is 0.340 e. The highest BCUT2D eigenvalue weighted by atomic mass is 32.2. The molecule has 0 spiro atoms. The van der Waals surface area contributed by atoms with Gasteiger partial charge in [-0.1, -0.05) is 31.9 Å². The number of aryl methyl sites for hydroxylation is 1. The summed E-state index contributed by atoms with van der Waals surface area (Å²) in [7, 11) is 0.142. The maximum absolute atomic E-state index is 12.9. The van der Waals surface area contributed by atoms with E-state index in [0.717, 1.165) is 31.2 Å². The van der Waals surface area contributed by atoms with Crippen LogP contribution in [0.1, 0.15) is 42.1 Å². The predicted octanol–water partition coefficient (Wildman–Crippen LogP) is 4.02. The lowest BCUT2D eigenvalue weighted by Gasteiger charge is -2.15. The number of carbonyl (C=O) groups is 1. The van der Waals surface area contributed by atoms with Crippen molar-refractivity contribution in [1.82, 2.24) is 0 Å². The molecule has 0 heterocycles. The zero-order valence-electron chi connectivity index (χ0n) is 17.2. The molecule has 8 heteroatoms. The molecule has 0 aromatic heterocycles. The van der Waals surface area contributed by atoms with Crippen LogP contribution < -0.4 is 14.2 Å². The van der Waals surface area contributed by atoms with Crippen molar-refractivity contribution in [2.75, 3.05) is 26.1 Å². The average molecular weight is 422 g/mol. The third-order valence-corrected chi connectivity index (χ3v) is 5.86. The first kappa shape index (κ1) is 22.5. The highest BCUT2D eigenvalue weighted by molar-refractivity contribution is 7.92. The van der Waals surface area contributed by atoms with E-state index >= 15 is 0 Å². The van der Waals surface area contributed by atoms with Crippen LogP contribution in [0.3, 0.4) is 0 Å². The summed E-state index contributed by atoms with van der Waals surface area (Å²) in [6.07, 6.45) is 4.24. The number of unbranched alkanes of at least 4 members (excludes halogenated alkanes) is 2. The molecule has 158 valence electrons. The van der Waals surface area contributed by atoms with Gasteiger partial charge in [0.25, 0.3) is 10.0 Å². The Morgan fingerprint density at radius 1 is 0.966 bits per heavy atom. The Balaban J connectivity index is 2.34. The number of esters is 1. The van der Waals surface area contributed by atoms with Crippen molar-refractivity contribution in [3.8, 4) is 11.5 Å². The van der Waals surface area contributed by atoms with Gasteiger partial charge in [0.15, 0.2) is 11.5 Å². The quantitative estimate of drug-likeness (QED) is 0.460. The van der Waals surface area contributed by atoms with Crippen molar-refractivity contribution in [3.63, 3.8) is 0 Å². The van der Waals surface area contributed by atoms with Crippen LogP contribution in [-0.4, -0.2) is 35.7 Å². The lowest BCUT2D eigenvalue weighted by Crippen LogP contribution is -2.16. The zero-order chi connectivity index (χ0) is 21.4. The van der Waals surface area contributed by atoms with Crippen LogP contribution in [0, 0.1) is 0 Å². The highest BCUT2D eigenvalue weighted by Gasteiger charge is 2.22. The molecule has 0 bridgehead atoms. The van der Waals surface area contributed by atoms with E-state index in [4.69, 9.17) is 14.2 Å². The fourth-order valence-corrected chi connectivity index (χ4v) is 3.93. The molecule has 0 saturated carbocycles. The Morgan fingerprint density at radius 3 is 2.14 bits per heavy atom. The van der Waals surface area contributed by atoms with Gasteiger partial charge in [0.05, 0.1) is 37.5 Å². The number of anilines is 1. The van der Waals surface area contributed by atoms with Crippen LogP contribution >= 0.6 is 0 Å². The molecule has 0 aliphatic heterocycles. The summed E-state index contributed by atoms with van der Waals surface area (Å²) in [5.41, 5.74) is 1.14. The Labute approximate surface area is 172 Å². The first-order chi connectivity index (χ1) is 13.9. The van der Waals surface area contributed by atoms with Gasteiger partial charge in [-0.05, 0) is 30.5 Å². The minimum Gasteiger partial charge on any atom is -0.493 e. The number of ether oxygens (including phenoxy) is 3. The lowest BCUT2D eigenvalue weighted by atomic mass is 10.1. The van der Waals surface area contributed by atoms with E-state index in [9.17, 15) is 13.2 Å². The van der Waals surface area contributed by atoms with Gasteiger partial charge in [-0.2, -0.15) is 0 Å². The second-order valence-electron chi connectivity index (χ2n) is 6.45. The predicted molar refractivity (Wildman–Crippen MR) is 111 cm³/mol. The number of benzene rings is 2. The van der Waals surface area contributed by atoms with Gasteiger partial charge >= 0.3 is 5.97 Å². The number of rotatable bonds is 10. The van der Waals surface area contributed by atoms with E-state index in [0.29, 0.717) is 0 Å². The van der Waals surface area contributed by atoms with E-state index in [1.54, 1.807) is 24.3 Å². The van der Waals surface area contributed by atoms with Gasteiger partial charge in [0, 0.05) is 12.1 Å². The van der Waals surface area contributed by atoms with Gasteiger partial charge in [0.2, 0.25) is 0 Å². The highest BCUT2D eigenvalue weighted by Crippen LogP contribution is 2.34. The van der Waals surface area contributed by atoms with Crippen LogP contribution in [0.15, 0.2) is 41.3 Å². The summed E-state index contributed by atoms with van der Waals surface area (Å²) in [6, 6.07) is 9.49. The van der Waals surface area contributed by atoms with Crippen molar-refractivity contribution in [2.24, 2.45) is 0 Å². The first-order valence-corrected chi connectivity index (χ1v) is 10.8. The average Bonchev–Trinajstić information content (AvgIpc) is 2.73. The second kappa shape index (κ2) is 10.2. The molecule has 0 atom stereocenters. The van der Waals surface area contributed by atoms with Crippen LogP contribution in [0.2, 0.25) is 0 Å². The maximum atomic E-state index is 12.9. The van der Waals surface area contributed by atoms with E-state index in [2.05, 4.69) is 11.6 Å². The van der Waals surface area contributed by atoms with E-state index in [-0.39, 0.29) is 27.6 Å². The first-order valence-electron chi connectivity index (χ1n) is 9.32. The van der Waals surface area contributed by atoms with Gasteiger partial charge in [-0.25, -0.2) is 13.2 Å². The maximum Gasteiger partial charge on any atom is 0.340 e. The Bertz CT molecular complexity index is 938. The largest absolute Gasteiger partial charge is 0.493 e. The molecular formula is C21H27NO6S. The molecule has 2 aromatic carbocycles. The molecule has 1 N–H and O–H groups in total. The van der Waals surface area contributed by atoms with E-state index in [1.165, 1.54) is 33.5 Å². The molecule has 0 radical (unpaired) electrons. The van der Waals surface area contributed by atoms with Crippen LogP contribution in [0.4, 0.5) is 5.69 Å². The molecule has 29 heavy (non-hydrogen) atoms. The summed E-state index contributed by atoms with van der Waals surface area (Å²) in [5, 5.41) is 0. The van der Waals surface area contributed by atoms with Gasteiger partial charge < -0.3 is 14.2 Å². The van der Waals surface area contributed by atoms with Crippen molar-refractivity contribution < 1.29 is 27.4 Å². The fourth-order valence-electron chi connectivity index (χ4n) is 2.86. The van der Waals surface area contributed by atoms with Crippen molar-refractivity contribution in [2.45, 2.75) is 37.5 Å². The monoisotopic (exact) mass is 421 g/mol. The topological polar surface area (TPSA) is 90.9 Å². The number of nitrogens with one attached hydrogen (secondary N) is 1. The number of carbonyl (C=O) groups excluding carboxylic acids is 1. The number of sulfonamides is 1. The Morgan fingerprint density at radius 2 is 1.59 bits per heavy atom. The molecule has 0 fully saturated rings. The van der Waals surface area contributed by atoms with Gasteiger partial charge in [-0.3, -0.25) is 4.72 Å². The van der Waals surface area contributed by atoms with Crippen molar-refractivity contribution in [3.05, 3.63) is 47.5 Å². The molecule has 2 aromatic rings. The lowest BCUT2D eigenvalue weighted by molar-refractivity contribution is 0.0601. The summed E-state index contributed by atoms with van der Waals surface area (Å²) in [4.78, 5) is 12.2.